The second kappa shape index (κ2) is 6.58. The molecule has 6 heteroatoms. The highest BCUT2D eigenvalue weighted by atomic mass is 16.5. The highest BCUT2D eigenvalue weighted by Crippen LogP contribution is 2.23. The Labute approximate surface area is 118 Å². The molecular formula is C14H21N3O3. The van der Waals surface area contributed by atoms with E-state index in [0.717, 1.165) is 25.4 Å². The van der Waals surface area contributed by atoms with Gasteiger partial charge < -0.3 is 25.4 Å². The van der Waals surface area contributed by atoms with Crippen LogP contribution in [0.4, 0.5) is 11.4 Å². The standard InChI is InChI=1S/C14H21N3O3/c1-17-6-7-20-10(9-17)8-16-12-5-3-4-11(13(12)15)14(18)19-2/h3-5,10,16H,6-9,15H2,1-2H3. The number of esters is 1. The largest absolute Gasteiger partial charge is 0.465 e. The van der Waals surface area contributed by atoms with Crippen molar-refractivity contribution in [3.05, 3.63) is 23.8 Å². The van der Waals surface area contributed by atoms with Gasteiger partial charge in [-0.2, -0.15) is 0 Å². The van der Waals surface area contributed by atoms with E-state index in [0.29, 0.717) is 17.8 Å². The van der Waals surface area contributed by atoms with Crippen molar-refractivity contribution < 1.29 is 14.3 Å². The molecule has 2 rings (SSSR count). The fourth-order valence-electron chi connectivity index (χ4n) is 2.22. The predicted molar refractivity (Wildman–Crippen MR) is 77.9 cm³/mol. The normalized spacial score (nSPS) is 19.6. The Bertz CT molecular complexity index is 479. The molecule has 1 aliphatic heterocycles. The van der Waals surface area contributed by atoms with E-state index in [1.807, 2.05) is 6.07 Å². The molecule has 1 aromatic carbocycles. The summed E-state index contributed by atoms with van der Waals surface area (Å²) < 4.78 is 10.4. The smallest absolute Gasteiger partial charge is 0.340 e. The van der Waals surface area contributed by atoms with Crippen molar-refractivity contribution in [3.8, 4) is 0 Å². The Hall–Kier alpha value is -1.79. The van der Waals surface area contributed by atoms with Crippen molar-refractivity contribution >= 4 is 17.3 Å². The third-order valence-electron chi connectivity index (χ3n) is 3.37. The van der Waals surface area contributed by atoms with Gasteiger partial charge in [0.2, 0.25) is 0 Å². The number of nitrogens with one attached hydrogen (secondary N) is 1. The second-order valence-corrected chi connectivity index (χ2v) is 4.89. The van der Waals surface area contributed by atoms with Crippen LogP contribution in [0.3, 0.4) is 0 Å². The number of anilines is 2. The summed E-state index contributed by atoms with van der Waals surface area (Å²) >= 11 is 0. The number of para-hydroxylation sites is 1. The Morgan fingerprint density at radius 1 is 1.60 bits per heavy atom. The van der Waals surface area contributed by atoms with Gasteiger partial charge in [0.1, 0.15) is 0 Å². The van der Waals surface area contributed by atoms with E-state index in [9.17, 15) is 4.79 Å². The van der Waals surface area contributed by atoms with Gasteiger partial charge in [0.25, 0.3) is 0 Å². The van der Waals surface area contributed by atoms with Gasteiger partial charge in [-0.05, 0) is 19.2 Å². The molecule has 1 saturated heterocycles. The van der Waals surface area contributed by atoms with Crippen LogP contribution in [-0.2, 0) is 9.47 Å². The van der Waals surface area contributed by atoms with Crippen molar-refractivity contribution in [2.45, 2.75) is 6.10 Å². The first-order valence-corrected chi connectivity index (χ1v) is 6.62. The first-order chi connectivity index (χ1) is 9.61. The van der Waals surface area contributed by atoms with Gasteiger partial charge in [-0.25, -0.2) is 4.79 Å². The fourth-order valence-corrected chi connectivity index (χ4v) is 2.22. The Morgan fingerprint density at radius 2 is 2.40 bits per heavy atom. The van der Waals surface area contributed by atoms with Gasteiger partial charge in [0.05, 0.1) is 36.8 Å². The third kappa shape index (κ3) is 3.40. The Balaban J connectivity index is 2.01. The van der Waals surface area contributed by atoms with Crippen molar-refractivity contribution in [2.24, 2.45) is 0 Å². The highest BCUT2D eigenvalue weighted by Gasteiger charge is 2.18. The summed E-state index contributed by atoms with van der Waals surface area (Å²) in [5, 5.41) is 3.24. The highest BCUT2D eigenvalue weighted by molar-refractivity contribution is 5.98. The number of ether oxygens (including phenoxy) is 2. The van der Waals surface area contributed by atoms with Crippen LogP contribution in [0.15, 0.2) is 18.2 Å². The molecule has 0 radical (unpaired) electrons. The molecular weight excluding hydrogens is 258 g/mol. The lowest BCUT2D eigenvalue weighted by Gasteiger charge is -2.30. The molecule has 20 heavy (non-hydrogen) atoms. The van der Waals surface area contributed by atoms with E-state index >= 15 is 0 Å². The molecule has 1 unspecified atom stereocenters. The third-order valence-corrected chi connectivity index (χ3v) is 3.37. The molecule has 1 atom stereocenters. The quantitative estimate of drug-likeness (QED) is 0.627. The minimum absolute atomic E-state index is 0.120. The number of likely N-dealkylation sites (N-methyl/N-ethyl adjacent to an activating group) is 1. The number of hydrogen-bond donors (Lipinski definition) is 2. The average Bonchev–Trinajstić information content (AvgIpc) is 2.45. The summed E-state index contributed by atoms with van der Waals surface area (Å²) in [6.07, 6.45) is 0.120. The van der Waals surface area contributed by atoms with Crippen molar-refractivity contribution in [2.75, 3.05) is 51.4 Å². The van der Waals surface area contributed by atoms with E-state index in [1.54, 1.807) is 12.1 Å². The van der Waals surface area contributed by atoms with Gasteiger partial charge in [-0.15, -0.1) is 0 Å². The molecule has 0 amide bonds. The first kappa shape index (κ1) is 14.6. The molecule has 110 valence electrons. The molecule has 0 aromatic heterocycles. The minimum atomic E-state index is -0.431. The van der Waals surface area contributed by atoms with E-state index in [-0.39, 0.29) is 6.10 Å². The van der Waals surface area contributed by atoms with Crippen LogP contribution in [0.5, 0.6) is 0 Å². The topological polar surface area (TPSA) is 76.8 Å². The van der Waals surface area contributed by atoms with Crippen LogP contribution in [0.1, 0.15) is 10.4 Å². The van der Waals surface area contributed by atoms with Gasteiger partial charge in [0.15, 0.2) is 0 Å². The summed E-state index contributed by atoms with van der Waals surface area (Å²) in [6, 6.07) is 5.27. The zero-order valence-electron chi connectivity index (χ0n) is 11.9. The SMILES string of the molecule is COC(=O)c1cccc(NCC2CN(C)CCO2)c1N. The van der Waals surface area contributed by atoms with Gasteiger partial charge in [-0.1, -0.05) is 6.07 Å². The zero-order chi connectivity index (χ0) is 14.5. The van der Waals surface area contributed by atoms with Gasteiger partial charge in [0, 0.05) is 19.6 Å². The van der Waals surface area contributed by atoms with Crippen LogP contribution in [-0.4, -0.2) is 57.4 Å². The number of nitrogens with two attached hydrogens (primary N) is 1. The van der Waals surface area contributed by atoms with Gasteiger partial charge in [-0.3, -0.25) is 0 Å². The lowest BCUT2D eigenvalue weighted by atomic mass is 10.1. The lowest BCUT2D eigenvalue weighted by molar-refractivity contribution is -0.0117. The fraction of sp³-hybridized carbons (Fsp3) is 0.500. The van der Waals surface area contributed by atoms with Crippen LogP contribution in [0.2, 0.25) is 0 Å². The molecule has 0 saturated carbocycles. The number of methoxy groups -OCH3 is 1. The first-order valence-electron chi connectivity index (χ1n) is 6.62. The summed E-state index contributed by atoms with van der Waals surface area (Å²) in [5.74, 6) is -0.431. The number of morpholine rings is 1. The number of carbonyl (C=O) groups excluding carboxylic acids is 1. The number of benzene rings is 1. The Morgan fingerprint density at radius 3 is 3.10 bits per heavy atom. The molecule has 3 N–H and O–H groups in total. The number of rotatable bonds is 4. The van der Waals surface area contributed by atoms with Crippen LogP contribution >= 0.6 is 0 Å². The average molecular weight is 279 g/mol. The predicted octanol–water partition coefficient (Wildman–Crippen LogP) is 0.798. The van der Waals surface area contributed by atoms with Crippen molar-refractivity contribution in [1.29, 1.82) is 0 Å². The van der Waals surface area contributed by atoms with E-state index in [2.05, 4.69) is 17.3 Å². The Kier molecular flexibility index (Phi) is 4.81. The van der Waals surface area contributed by atoms with Crippen LogP contribution in [0.25, 0.3) is 0 Å². The molecule has 1 aliphatic rings. The minimum Gasteiger partial charge on any atom is -0.465 e. The van der Waals surface area contributed by atoms with Gasteiger partial charge >= 0.3 is 5.97 Å². The summed E-state index contributed by atoms with van der Waals surface area (Å²) in [6.45, 7) is 3.22. The number of carbonyl (C=O) groups is 1. The lowest BCUT2D eigenvalue weighted by Crippen LogP contribution is -2.43. The maximum absolute atomic E-state index is 11.6. The molecule has 0 aliphatic carbocycles. The monoisotopic (exact) mass is 279 g/mol. The summed E-state index contributed by atoms with van der Waals surface area (Å²) in [7, 11) is 3.41. The summed E-state index contributed by atoms with van der Waals surface area (Å²) in [4.78, 5) is 13.8. The maximum Gasteiger partial charge on any atom is 0.340 e. The van der Waals surface area contributed by atoms with Crippen molar-refractivity contribution in [1.82, 2.24) is 4.90 Å². The molecule has 1 heterocycles. The number of nitrogens with zero attached hydrogens (tertiary/aromatic N) is 1. The van der Waals surface area contributed by atoms with E-state index in [4.69, 9.17) is 15.2 Å². The molecule has 1 fully saturated rings. The molecule has 0 bridgehead atoms. The maximum atomic E-state index is 11.6. The number of hydrogen-bond acceptors (Lipinski definition) is 6. The number of nitrogen functional groups attached to an aromatic ring is 1. The van der Waals surface area contributed by atoms with Crippen LogP contribution in [0, 0.1) is 0 Å². The van der Waals surface area contributed by atoms with E-state index in [1.165, 1.54) is 7.11 Å². The molecule has 0 spiro atoms. The van der Waals surface area contributed by atoms with Crippen molar-refractivity contribution in [3.63, 3.8) is 0 Å². The molecule has 6 nitrogen and oxygen atoms in total. The van der Waals surface area contributed by atoms with E-state index < -0.39 is 5.97 Å². The molecule has 1 aromatic rings. The van der Waals surface area contributed by atoms with Crippen LogP contribution < -0.4 is 11.1 Å². The zero-order valence-corrected chi connectivity index (χ0v) is 11.9. The second-order valence-electron chi connectivity index (χ2n) is 4.89. The summed E-state index contributed by atoms with van der Waals surface area (Å²) in [5.41, 5.74) is 7.50.